The summed E-state index contributed by atoms with van der Waals surface area (Å²) < 4.78 is 12.7. The van der Waals surface area contributed by atoms with Gasteiger partial charge in [0, 0.05) is 5.02 Å². The van der Waals surface area contributed by atoms with E-state index in [9.17, 15) is 4.39 Å². The maximum Gasteiger partial charge on any atom is 0.125 e. The molecule has 0 aliphatic carbocycles. The highest BCUT2D eigenvalue weighted by atomic mass is 35.5. The largest absolute Gasteiger partial charge is 0.242 e. The normalized spacial score (nSPS) is 13.1. The summed E-state index contributed by atoms with van der Waals surface area (Å²) in [6, 6.07) is 5.06. The van der Waals surface area contributed by atoms with Crippen LogP contribution in [0.4, 0.5) is 4.39 Å². The molecule has 2 heteroatoms. The van der Waals surface area contributed by atoms with Crippen LogP contribution in [0.3, 0.4) is 0 Å². The minimum atomic E-state index is -1.16. The van der Waals surface area contributed by atoms with E-state index in [1.54, 1.807) is 18.2 Å². The quantitative estimate of drug-likeness (QED) is 0.607. The molecular weight excluding hydrogens is 163 g/mol. The van der Waals surface area contributed by atoms with Crippen LogP contribution >= 0.6 is 11.6 Å². The molecule has 0 heterocycles. The first-order chi connectivity index (χ1) is 5.11. The van der Waals surface area contributed by atoms with Gasteiger partial charge in [-0.05, 0) is 37.1 Å². The molecule has 11 heavy (non-hydrogen) atoms. The number of alkyl halides is 1. The molecule has 0 saturated heterocycles. The second-order valence-corrected chi connectivity index (χ2v) is 2.90. The lowest BCUT2D eigenvalue weighted by Gasteiger charge is -2.05. The number of halogens is 2. The lowest BCUT2D eigenvalue weighted by atomic mass is 10.1. The number of benzene rings is 1. The second-order valence-electron chi connectivity index (χ2n) is 2.47. The molecule has 0 aliphatic rings. The summed E-state index contributed by atoms with van der Waals surface area (Å²) in [7, 11) is 0. The highest BCUT2D eigenvalue weighted by Crippen LogP contribution is 2.22. The van der Waals surface area contributed by atoms with Gasteiger partial charge < -0.3 is 0 Å². The molecule has 1 atom stereocenters. The van der Waals surface area contributed by atoms with Crippen molar-refractivity contribution in [2.45, 2.75) is 13.1 Å². The lowest BCUT2D eigenvalue weighted by molar-refractivity contribution is 0.410. The standard InChI is InChI=1S/C9H9ClF/c1-6-5-8(10)3-4-9(6)7(2)11/h3-5,7H,2H2,1H3. The molecule has 0 nitrogen and oxygen atoms in total. The summed E-state index contributed by atoms with van der Waals surface area (Å²) in [6.07, 6.45) is -1.16. The smallest absolute Gasteiger partial charge is 0.125 e. The van der Waals surface area contributed by atoms with Gasteiger partial charge >= 0.3 is 0 Å². The SMILES string of the molecule is [CH2]C(F)c1ccc(Cl)cc1C. The molecule has 1 unspecified atom stereocenters. The van der Waals surface area contributed by atoms with E-state index in [0.717, 1.165) is 5.56 Å². The molecule has 59 valence electrons. The summed E-state index contributed by atoms with van der Waals surface area (Å²) >= 11 is 5.68. The van der Waals surface area contributed by atoms with Crippen LogP contribution in [0.5, 0.6) is 0 Å². The Balaban J connectivity index is 3.09. The zero-order valence-corrected chi connectivity index (χ0v) is 7.03. The zero-order chi connectivity index (χ0) is 8.43. The van der Waals surface area contributed by atoms with Gasteiger partial charge in [0.05, 0.1) is 0 Å². The summed E-state index contributed by atoms with van der Waals surface area (Å²) in [5.41, 5.74) is 1.45. The van der Waals surface area contributed by atoms with E-state index in [-0.39, 0.29) is 0 Å². The van der Waals surface area contributed by atoms with Crippen molar-refractivity contribution in [3.05, 3.63) is 41.3 Å². The first kappa shape index (κ1) is 8.54. The van der Waals surface area contributed by atoms with Crippen LogP contribution in [0.25, 0.3) is 0 Å². The third kappa shape index (κ3) is 1.93. The number of aryl methyl sites for hydroxylation is 1. The van der Waals surface area contributed by atoms with Gasteiger partial charge in [0.15, 0.2) is 0 Å². The van der Waals surface area contributed by atoms with Crippen molar-refractivity contribution in [1.82, 2.24) is 0 Å². The molecule has 0 aliphatic heterocycles. The summed E-state index contributed by atoms with van der Waals surface area (Å²) in [6.45, 7) is 5.11. The molecule has 0 fully saturated rings. The third-order valence-electron chi connectivity index (χ3n) is 1.57. The maximum absolute atomic E-state index is 12.7. The molecule has 0 saturated carbocycles. The van der Waals surface area contributed by atoms with Crippen LogP contribution in [0.1, 0.15) is 17.3 Å². The molecule has 0 amide bonds. The van der Waals surface area contributed by atoms with E-state index in [4.69, 9.17) is 11.6 Å². The Bertz CT molecular complexity index is 256. The predicted octanol–water partition coefficient (Wildman–Crippen LogP) is 3.49. The van der Waals surface area contributed by atoms with Crippen molar-refractivity contribution < 1.29 is 4.39 Å². The monoisotopic (exact) mass is 171 g/mol. The number of hydrogen-bond donors (Lipinski definition) is 0. The van der Waals surface area contributed by atoms with Crippen LogP contribution in [0.15, 0.2) is 18.2 Å². The molecule has 0 N–H and O–H groups in total. The van der Waals surface area contributed by atoms with Gasteiger partial charge in [0.25, 0.3) is 0 Å². The van der Waals surface area contributed by atoms with Gasteiger partial charge in [-0.3, -0.25) is 0 Å². The van der Waals surface area contributed by atoms with Crippen molar-refractivity contribution in [2.75, 3.05) is 0 Å². The minimum Gasteiger partial charge on any atom is -0.242 e. The Morgan fingerprint density at radius 2 is 2.18 bits per heavy atom. The third-order valence-corrected chi connectivity index (χ3v) is 1.80. The van der Waals surface area contributed by atoms with Crippen molar-refractivity contribution in [3.63, 3.8) is 0 Å². The average Bonchev–Trinajstić information content (AvgIpc) is 1.85. The van der Waals surface area contributed by atoms with E-state index in [1.807, 2.05) is 6.92 Å². The number of hydrogen-bond acceptors (Lipinski definition) is 0. The van der Waals surface area contributed by atoms with Crippen LogP contribution in [-0.2, 0) is 0 Å². The van der Waals surface area contributed by atoms with Crippen LogP contribution in [0.2, 0.25) is 5.02 Å². The highest BCUT2D eigenvalue weighted by Gasteiger charge is 2.05. The molecule has 1 radical (unpaired) electrons. The van der Waals surface area contributed by atoms with Crippen molar-refractivity contribution in [1.29, 1.82) is 0 Å². The summed E-state index contributed by atoms with van der Waals surface area (Å²) in [5, 5.41) is 0.631. The first-order valence-corrected chi connectivity index (χ1v) is 3.72. The molecular formula is C9H9ClF. The molecule has 1 aromatic carbocycles. The van der Waals surface area contributed by atoms with Gasteiger partial charge in [0.2, 0.25) is 0 Å². The van der Waals surface area contributed by atoms with Gasteiger partial charge in [0.1, 0.15) is 6.17 Å². The first-order valence-electron chi connectivity index (χ1n) is 3.34. The van der Waals surface area contributed by atoms with Gasteiger partial charge in [-0.25, -0.2) is 4.39 Å². The Hall–Kier alpha value is -0.560. The van der Waals surface area contributed by atoms with Crippen LogP contribution in [-0.4, -0.2) is 0 Å². The molecule has 0 bridgehead atoms. The van der Waals surface area contributed by atoms with Crippen molar-refractivity contribution in [3.8, 4) is 0 Å². The summed E-state index contributed by atoms with van der Waals surface area (Å²) in [4.78, 5) is 0. The zero-order valence-electron chi connectivity index (χ0n) is 6.27. The van der Waals surface area contributed by atoms with Gasteiger partial charge in [-0.15, -0.1) is 0 Å². The van der Waals surface area contributed by atoms with Gasteiger partial charge in [-0.2, -0.15) is 0 Å². The Morgan fingerprint density at radius 3 is 2.64 bits per heavy atom. The fourth-order valence-corrected chi connectivity index (χ4v) is 1.22. The van der Waals surface area contributed by atoms with Crippen LogP contribution < -0.4 is 0 Å². The predicted molar refractivity (Wildman–Crippen MR) is 45.4 cm³/mol. The van der Waals surface area contributed by atoms with E-state index in [0.29, 0.717) is 10.6 Å². The summed E-state index contributed by atoms with van der Waals surface area (Å²) in [5.74, 6) is 0. The topological polar surface area (TPSA) is 0 Å². The molecule has 1 aromatic rings. The average molecular weight is 172 g/mol. The van der Waals surface area contributed by atoms with E-state index in [2.05, 4.69) is 6.92 Å². The lowest BCUT2D eigenvalue weighted by Crippen LogP contribution is -1.89. The number of rotatable bonds is 1. The molecule has 1 rings (SSSR count). The molecule has 0 aromatic heterocycles. The minimum absolute atomic E-state index is 0.606. The molecule has 0 spiro atoms. The van der Waals surface area contributed by atoms with Crippen molar-refractivity contribution in [2.24, 2.45) is 0 Å². The highest BCUT2D eigenvalue weighted by molar-refractivity contribution is 6.30. The fraction of sp³-hybridized carbons (Fsp3) is 0.222. The van der Waals surface area contributed by atoms with E-state index >= 15 is 0 Å². The Labute approximate surface area is 71.0 Å². The van der Waals surface area contributed by atoms with Crippen LogP contribution in [0, 0.1) is 13.8 Å². The van der Waals surface area contributed by atoms with Gasteiger partial charge in [-0.1, -0.05) is 17.7 Å². The fourth-order valence-electron chi connectivity index (χ4n) is 0.991. The second kappa shape index (κ2) is 3.22. The Morgan fingerprint density at radius 1 is 1.55 bits per heavy atom. The van der Waals surface area contributed by atoms with E-state index < -0.39 is 6.17 Å². The maximum atomic E-state index is 12.7. The Kier molecular flexibility index (Phi) is 2.50. The van der Waals surface area contributed by atoms with Crippen molar-refractivity contribution >= 4 is 11.6 Å². The van der Waals surface area contributed by atoms with E-state index in [1.165, 1.54) is 0 Å².